The Hall–Kier alpha value is -1.41. The second-order valence-corrected chi connectivity index (χ2v) is 4.84. The van der Waals surface area contributed by atoms with E-state index in [2.05, 4.69) is 32.8 Å². The van der Waals surface area contributed by atoms with Crippen LogP contribution in [0.4, 0.5) is 0 Å². The SMILES string of the molecule is O=C(O)/C=C/c1nnc(-c2cc(Cl)ccc2I)o1. The highest BCUT2D eigenvalue weighted by Gasteiger charge is 2.11. The van der Waals surface area contributed by atoms with E-state index in [-0.39, 0.29) is 5.89 Å². The molecular formula is C11H6ClIN2O3. The summed E-state index contributed by atoms with van der Waals surface area (Å²) in [5.74, 6) is -0.651. The molecule has 1 aromatic heterocycles. The van der Waals surface area contributed by atoms with Crippen LogP contribution in [0.5, 0.6) is 0 Å². The highest BCUT2D eigenvalue weighted by Crippen LogP contribution is 2.27. The summed E-state index contributed by atoms with van der Waals surface area (Å²) in [4.78, 5) is 10.4. The average Bonchev–Trinajstić information content (AvgIpc) is 2.78. The molecule has 1 heterocycles. The van der Waals surface area contributed by atoms with Crippen LogP contribution in [0.1, 0.15) is 5.89 Å². The molecule has 0 spiro atoms. The third-order valence-electron chi connectivity index (χ3n) is 1.97. The molecule has 0 saturated heterocycles. The Labute approximate surface area is 121 Å². The topological polar surface area (TPSA) is 76.2 Å². The van der Waals surface area contributed by atoms with Crippen LogP contribution in [0.25, 0.3) is 17.5 Å². The van der Waals surface area contributed by atoms with E-state index < -0.39 is 5.97 Å². The molecule has 0 radical (unpaired) electrons. The highest BCUT2D eigenvalue weighted by atomic mass is 127. The van der Waals surface area contributed by atoms with E-state index in [4.69, 9.17) is 21.1 Å². The van der Waals surface area contributed by atoms with Gasteiger partial charge in [0.05, 0.1) is 5.56 Å². The predicted octanol–water partition coefficient (Wildman–Crippen LogP) is 3.09. The van der Waals surface area contributed by atoms with E-state index in [0.29, 0.717) is 16.5 Å². The van der Waals surface area contributed by atoms with Gasteiger partial charge in [-0.1, -0.05) is 11.6 Å². The second-order valence-electron chi connectivity index (χ2n) is 3.24. The van der Waals surface area contributed by atoms with E-state index in [1.807, 2.05) is 6.07 Å². The van der Waals surface area contributed by atoms with E-state index in [0.717, 1.165) is 9.65 Å². The molecule has 0 bridgehead atoms. The Morgan fingerprint density at radius 3 is 2.94 bits per heavy atom. The molecule has 92 valence electrons. The van der Waals surface area contributed by atoms with E-state index in [1.165, 1.54) is 6.08 Å². The average molecular weight is 377 g/mol. The molecule has 0 aliphatic carbocycles. The van der Waals surface area contributed by atoms with Gasteiger partial charge in [0.1, 0.15) is 0 Å². The lowest BCUT2D eigenvalue weighted by atomic mass is 10.2. The third kappa shape index (κ3) is 3.08. The van der Waals surface area contributed by atoms with Gasteiger partial charge in [0.25, 0.3) is 0 Å². The van der Waals surface area contributed by atoms with Gasteiger partial charge in [-0.15, -0.1) is 10.2 Å². The van der Waals surface area contributed by atoms with Crippen LogP contribution >= 0.6 is 34.2 Å². The first-order valence-corrected chi connectivity index (χ1v) is 6.22. The molecule has 2 aromatic rings. The quantitative estimate of drug-likeness (QED) is 0.658. The van der Waals surface area contributed by atoms with Crippen molar-refractivity contribution >= 4 is 46.2 Å². The van der Waals surface area contributed by atoms with Gasteiger partial charge in [-0.2, -0.15) is 0 Å². The van der Waals surface area contributed by atoms with Gasteiger partial charge < -0.3 is 9.52 Å². The fourth-order valence-corrected chi connectivity index (χ4v) is 1.95. The number of hydrogen-bond donors (Lipinski definition) is 1. The highest BCUT2D eigenvalue weighted by molar-refractivity contribution is 14.1. The molecule has 2 rings (SSSR count). The van der Waals surface area contributed by atoms with Crippen LogP contribution in [0.2, 0.25) is 5.02 Å². The summed E-state index contributed by atoms with van der Waals surface area (Å²) in [6.45, 7) is 0. The molecule has 0 aliphatic rings. The summed E-state index contributed by atoms with van der Waals surface area (Å²) in [6, 6.07) is 5.30. The maximum Gasteiger partial charge on any atom is 0.328 e. The van der Waals surface area contributed by atoms with Gasteiger partial charge in [0.2, 0.25) is 11.8 Å². The Kier molecular flexibility index (Phi) is 3.97. The second kappa shape index (κ2) is 5.49. The lowest BCUT2D eigenvalue weighted by molar-refractivity contribution is -0.131. The third-order valence-corrected chi connectivity index (χ3v) is 3.14. The number of aliphatic carboxylic acids is 1. The van der Waals surface area contributed by atoms with Crippen molar-refractivity contribution in [2.45, 2.75) is 0 Å². The molecule has 18 heavy (non-hydrogen) atoms. The molecular weight excluding hydrogens is 370 g/mol. The number of hydrogen-bond acceptors (Lipinski definition) is 4. The maximum absolute atomic E-state index is 10.4. The van der Waals surface area contributed by atoms with Gasteiger partial charge in [-0.05, 0) is 40.8 Å². The van der Waals surface area contributed by atoms with Crippen molar-refractivity contribution in [1.82, 2.24) is 10.2 Å². The van der Waals surface area contributed by atoms with Crippen molar-refractivity contribution in [3.05, 3.63) is 38.8 Å². The van der Waals surface area contributed by atoms with E-state index in [1.54, 1.807) is 12.1 Å². The van der Waals surface area contributed by atoms with Gasteiger partial charge in [-0.3, -0.25) is 0 Å². The van der Waals surface area contributed by atoms with E-state index in [9.17, 15) is 4.79 Å². The van der Waals surface area contributed by atoms with Crippen LogP contribution in [0, 0.1) is 3.57 Å². The normalized spacial score (nSPS) is 11.0. The minimum atomic E-state index is -1.08. The summed E-state index contributed by atoms with van der Waals surface area (Å²) in [7, 11) is 0. The standard InChI is InChI=1S/C11H6ClIN2O3/c12-6-1-2-8(13)7(5-6)11-15-14-9(18-11)3-4-10(16)17/h1-5H,(H,16,17)/b4-3+. The number of aromatic nitrogens is 2. The summed E-state index contributed by atoms with van der Waals surface area (Å²) in [5.41, 5.74) is 0.713. The molecule has 7 heteroatoms. The number of rotatable bonds is 3. The molecule has 1 N–H and O–H groups in total. The first-order valence-electron chi connectivity index (χ1n) is 4.76. The van der Waals surface area contributed by atoms with Crippen LogP contribution in [0.15, 0.2) is 28.7 Å². The lowest BCUT2D eigenvalue weighted by Crippen LogP contribution is -1.85. The number of halogens is 2. The molecule has 0 saturated carbocycles. The van der Waals surface area contributed by atoms with Gasteiger partial charge in [0, 0.05) is 20.7 Å². The van der Waals surface area contributed by atoms with Gasteiger partial charge in [-0.25, -0.2) is 4.79 Å². The molecule has 1 aromatic carbocycles. The molecule has 0 aliphatic heterocycles. The van der Waals surface area contributed by atoms with Crippen LogP contribution in [0.3, 0.4) is 0 Å². The summed E-state index contributed by atoms with van der Waals surface area (Å²) >= 11 is 8.01. The van der Waals surface area contributed by atoms with Crippen LogP contribution < -0.4 is 0 Å². The van der Waals surface area contributed by atoms with Crippen molar-refractivity contribution in [2.75, 3.05) is 0 Å². The van der Waals surface area contributed by atoms with Gasteiger partial charge >= 0.3 is 5.97 Å². The number of carboxylic acids is 1. The smallest absolute Gasteiger partial charge is 0.328 e. The van der Waals surface area contributed by atoms with Crippen molar-refractivity contribution < 1.29 is 14.3 Å². The zero-order valence-corrected chi connectivity index (χ0v) is 11.7. The number of carbonyl (C=O) groups is 1. The predicted molar refractivity (Wildman–Crippen MR) is 74.1 cm³/mol. The minimum absolute atomic E-state index is 0.128. The number of benzene rings is 1. The molecule has 0 fully saturated rings. The van der Waals surface area contributed by atoms with Crippen LogP contribution in [-0.2, 0) is 4.79 Å². The summed E-state index contributed by atoms with van der Waals surface area (Å²) in [6.07, 6.45) is 2.16. The zero-order chi connectivity index (χ0) is 13.1. The Bertz CT molecular complexity index is 625. The fraction of sp³-hybridized carbons (Fsp3) is 0. The monoisotopic (exact) mass is 376 g/mol. The van der Waals surface area contributed by atoms with Crippen LogP contribution in [-0.4, -0.2) is 21.3 Å². The molecule has 0 unspecified atom stereocenters. The number of nitrogens with zero attached hydrogens (tertiary/aromatic N) is 2. The first kappa shape index (κ1) is 13.0. The van der Waals surface area contributed by atoms with Gasteiger partial charge in [0.15, 0.2) is 0 Å². The van der Waals surface area contributed by atoms with E-state index >= 15 is 0 Å². The minimum Gasteiger partial charge on any atom is -0.478 e. The van der Waals surface area contributed by atoms with Crippen molar-refractivity contribution in [1.29, 1.82) is 0 Å². The van der Waals surface area contributed by atoms with Crippen molar-refractivity contribution in [2.24, 2.45) is 0 Å². The van der Waals surface area contributed by atoms with Crippen molar-refractivity contribution in [3.8, 4) is 11.5 Å². The Morgan fingerprint density at radius 2 is 2.22 bits per heavy atom. The number of carboxylic acid groups (broad SMARTS) is 1. The Balaban J connectivity index is 2.35. The molecule has 0 atom stereocenters. The zero-order valence-electron chi connectivity index (χ0n) is 8.80. The fourth-order valence-electron chi connectivity index (χ4n) is 1.21. The molecule has 5 nitrogen and oxygen atoms in total. The summed E-state index contributed by atoms with van der Waals surface area (Å²) < 4.78 is 6.23. The lowest BCUT2D eigenvalue weighted by Gasteiger charge is -1.99. The largest absolute Gasteiger partial charge is 0.478 e. The maximum atomic E-state index is 10.4. The van der Waals surface area contributed by atoms with Crippen molar-refractivity contribution in [3.63, 3.8) is 0 Å². The molecule has 0 amide bonds. The Morgan fingerprint density at radius 1 is 1.44 bits per heavy atom. The summed E-state index contributed by atoms with van der Waals surface area (Å²) in [5, 5.41) is 16.6. The first-order chi connectivity index (χ1) is 8.56.